The molecule has 1 aromatic heterocycles. The molecular weight excluding hydrogens is 228 g/mol. The zero-order chi connectivity index (χ0) is 12.1. The van der Waals surface area contributed by atoms with Gasteiger partial charge in [-0.15, -0.1) is 11.3 Å². The van der Waals surface area contributed by atoms with Crippen molar-refractivity contribution in [2.75, 3.05) is 19.6 Å². The van der Waals surface area contributed by atoms with Crippen LogP contribution in [0.2, 0.25) is 0 Å². The van der Waals surface area contributed by atoms with Gasteiger partial charge in [0.15, 0.2) is 0 Å². The van der Waals surface area contributed by atoms with E-state index in [-0.39, 0.29) is 0 Å². The van der Waals surface area contributed by atoms with E-state index in [0.29, 0.717) is 6.04 Å². The molecule has 2 rings (SSSR count). The van der Waals surface area contributed by atoms with E-state index in [2.05, 4.69) is 41.6 Å². The second kappa shape index (κ2) is 6.53. The van der Waals surface area contributed by atoms with Crippen molar-refractivity contribution in [2.24, 2.45) is 0 Å². The van der Waals surface area contributed by atoms with Gasteiger partial charge in [0.1, 0.15) is 0 Å². The standard InChI is InChI=1S/C14H24N2S/c1-3-9-16(13-6-7-13)10-8-15-12(2)14-5-4-11-17-14/h4-5,11-13,15H,3,6-10H2,1-2H3. The van der Waals surface area contributed by atoms with Gasteiger partial charge in [-0.25, -0.2) is 0 Å². The number of rotatable bonds is 8. The third-order valence-corrected chi connectivity index (χ3v) is 4.45. The summed E-state index contributed by atoms with van der Waals surface area (Å²) in [5.74, 6) is 0. The molecule has 3 heteroatoms. The molecule has 1 heterocycles. The lowest BCUT2D eigenvalue weighted by Gasteiger charge is -2.22. The molecule has 1 saturated carbocycles. The van der Waals surface area contributed by atoms with Gasteiger partial charge >= 0.3 is 0 Å². The van der Waals surface area contributed by atoms with E-state index < -0.39 is 0 Å². The molecule has 0 bridgehead atoms. The Morgan fingerprint density at radius 2 is 2.29 bits per heavy atom. The van der Waals surface area contributed by atoms with Gasteiger partial charge in [0.05, 0.1) is 0 Å². The van der Waals surface area contributed by atoms with Gasteiger partial charge in [0.2, 0.25) is 0 Å². The number of nitrogens with one attached hydrogen (secondary N) is 1. The summed E-state index contributed by atoms with van der Waals surface area (Å²) in [6, 6.07) is 5.74. The molecule has 1 aliphatic rings. The average Bonchev–Trinajstić information content (AvgIpc) is 3.02. The Balaban J connectivity index is 1.67. The van der Waals surface area contributed by atoms with Gasteiger partial charge < -0.3 is 5.32 Å². The molecule has 1 aliphatic carbocycles. The minimum atomic E-state index is 0.498. The van der Waals surface area contributed by atoms with Crippen LogP contribution >= 0.6 is 11.3 Å². The Morgan fingerprint density at radius 1 is 1.47 bits per heavy atom. The van der Waals surface area contributed by atoms with E-state index in [4.69, 9.17) is 0 Å². The van der Waals surface area contributed by atoms with Gasteiger partial charge in [-0.3, -0.25) is 4.90 Å². The van der Waals surface area contributed by atoms with Crippen molar-refractivity contribution in [3.63, 3.8) is 0 Å². The maximum absolute atomic E-state index is 3.63. The second-order valence-corrected chi connectivity index (χ2v) is 5.94. The van der Waals surface area contributed by atoms with Crippen LogP contribution < -0.4 is 5.32 Å². The Hall–Kier alpha value is -0.380. The van der Waals surface area contributed by atoms with Gasteiger partial charge in [0, 0.05) is 30.1 Å². The highest BCUT2D eigenvalue weighted by molar-refractivity contribution is 7.10. The molecule has 1 unspecified atom stereocenters. The SMILES string of the molecule is CCCN(CCNC(C)c1cccs1)C1CC1. The number of nitrogens with zero attached hydrogens (tertiary/aromatic N) is 1. The molecular formula is C14H24N2S. The fraction of sp³-hybridized carbons (Fsp3) is 0.714. The molecule has 2 nitrogen and oxygen atoms in total. The van der Waals surface area contributed by atoms with Crippen molar-refractivity contribution in [1.29, 1.82) is 0 Å². The van der Waals surface area contributed by atoms with Crippen molar-refractivity contribution >= 4 is 11.3 Å². The largest absolute Gasteiger partial charge is 0.308 e. The molecule has 0 radical (unpaired) electrons. The summed E-state index contributed by atoms with van der Waals surface area (Å²) in [7, 11) is 0. The predicted octanol–water partition coefficient (Wildman–Crippen LogP) is 3.27. The van der Waals surface area contributed by atoms with Crippen molar-refractivity contribution in [2.45, 2.75) is 45.2 Å². The van der Waals surface area contributed by atoms with Crippen LogP contribution in [-0.2, 0) is 0 Å². The van der Waals surface area contributed by atoms with Gasteiger partial charge in [-0.1, -0.05) is 13.0 Å². The van der Waals surface area contributed by atoms with Crippen LogP contribution in [0.25, 0.3) is 0 Å². The van der Waals surface area contributed by atoms with Crippen molar-refractivity contribution < 1.29 is 0 Å². The first-order chi connectivity index (χ1) is 8.31. The number of thiophene rings is 1. The van der Waals surface area contributed by atoms with Crippen LogP contribution in [0.3, 0.4) is 0 Å². The highest BCUT2D eigenvalue weighted by Gasteiger charge is 2.27. The van der Waals surface area contributed by atoms with E-state index in [1.54, 1.807) is 0 Å². The third kappa shape index (κ3) is 4.09. The van der Waals surface area contributed by atoms with Gasteiger partial charge in [-0.2, -0.15) is 0 Å². The summed E-state index contributed by atoms with van der Waals surface area (Å²) in [6.07, 6.45) is 4.11. The smallest absolute Gasteiger partial charge is 0.0386 e. The van der Waals surface area contributed by atoms with Crippen LogP contribution in [0, 0.1) is 0 Å². The quantitative estimate of drug-likeness (QED) is 0.764. The fourth-order valence-electron chi connectivity index (χ4n) is 2.27. The highest BCUT2D eigenvalue weighted by Crippen LogP contribution is 2.26. The van der Waals surface area contributed by atoms with Crippen LogP contribution in [0.15, 0.2) is 17.5 Å². The third-order valence-electron chi connectivity index (χ3n) is 3.39. The molecule has 0 saturated heterocycles. The molecule has 0 amide bonds. The summed E-state index contributed by atoms with van der Waals surface area (Å²) in [5.41, 5.74) is 0. The zero-order valence-corrected chi connectivity index (χ0v) is 11.8. The average molecular weight is 252 g/mol. The van der Waals surface area contributed by atoms with E-state index in [1.165, 1.54) is 37.2 Å². The van der Waals surface area contributed by atoms with Crippen LogP contribution in [0.5, 0.6) is 0 Å². The van der Waals surface area contributed by atoms with Crippen molar-refractivity contribution in [3.05, 3.63) is 22.4 Å². The summed E-state index contributed by atoms with van der Waals surface area (Å²) >= 11 is 1.84. The molecule has 17 heavy (non-hydrogen) atoms. The Morgan fingerprint density at radius 3 is 2.88 bits per heavy atom. The molecule has 96 valence electrons. The molecule has 1 N–H and O–H groups in total. The first-order valence-electron chi connectivity index (χ1n) is 6.82. The second-order valence-electron chi connectivity index (χ2n) is 4.96. The molecule has 1 fully saturated rings. The maximum Gasteiger partial charge on any atom is 0.0386 e. The number of hydrogen-bond donors (Lipinski definition) is 1. The number of hydrogen-bond acceptors (Lipinski definition) is 3. The highest BCUT2D eigenvalue weighted by atomic mass is 32.1. The van der Waals surface area contributed by atoms with Crippen molar-refractivity contribution in [3.8, 4) is 0 Å². The van der Waals surface area contributed by atoms with Gasteiger partial charge in [-0.05, 0) is 44.2 Å². The van der Waals surface area contributed by atoms with E-state index in [1.807, 2.05) is 11.3 Å². The molecule has 1 atom stereocenters. The van der Waals surface area contributed by atoms with Crippen LogP contribution in [-0.4, -0.2) is 30.6 Å². The molecule has 0 aliphatic heterocycles. The molecule has 1 aromatic rings. The first kappa shape index (κ1) is 13.1. The minimum Gasteiger partial charge on any atom is -0.308 e. The summed E-state index contributed by atoms with van der Waals surface area (Å²) in [5, 5.41) is 5.78. The lowest BCUT2D eigenvalue weighted by Crippen LogP contribution is -2.35. The summed E-state index contributed by atoms with van der Waals surface area (Å²) in [4.78, 5) is 4.09. The predicted molar refractivity (Wildman–Crippen MR) is 75.6 cm³/mol. The lowest BCUT2D eigenvalue weighted by atomic mass is 10.2. The Labute approximate surface area is 109 Å². The zero-order valence-electron chi connectivity index (χ0n) is 11.0. The topological polar surface area (TPSA) is 15.3 Å². The Kier molecular flexibility index (Phi) is 5.01. The van der Waals surface area contributed by atoms with E-state index in [0.717, 1.165) is 12.6 Å². The van der Waals surface area contributed by atoms with E-state index >= 15 is 0 Å². The van der Waals surface area contributed by atoms with Crippen molar-refractivity contribution in [1.82, 2.24) is 10.2 Å². The van der Waals surface area contributed by atoms with Gasteiger partial charge in [0.25, 0.3) is 0 Å². The molecule has 0 spiro atoms. The minimum absolute atomic E-state index is 0.498. The first-order valence-corrected chi connectivity index (χ1v) is 7.70. The monoisotopic (exact) mass is 252 g/mol. The normalized spacial score (nSPS) is 17.6. The lowest BCUT2D eigenvalue weighted by molar-refractivity contribution is 0.260. The van der Waals surface area contributed by atoms with Crippen LogP contribution in [0.1, 0.15) is 44.0 Å². The fourth-order valence-corrected chi connectivity index (χ4v) is 3.03. The van der Waals surface area contributed by atoms with E-state index in [9.17, 15) is 0 Å². The van der Waals surface area contributed by atoms with Crippen LogP contribution in [0.4, 0.5) is 0 Å². The summed E-state index contributed by atoms with van der Waals surface area (Å²) < 4.78 is 0. The maximum atomic E-state index is 3.63. The summed E-state index contributed by atoms with van der Waals surface area (Å²) in [6.45, 7) is 8.10. The molecule has 0 aromatic carbocycles. The Bertz CT molecular complexity index is 306.